The zero-order valence-corrected chi connectivity index (χ0v) is 11.3. The fourth-order valence-electron chi connectivity index (χ4n) is 1.79. The second-order valence-electron chi connectivity index (χ2n) is 5.61. The lowest BCUT2D eigenvalue weighted by Gasteiger charge is -2.18. The second kappa shape index (κ2) is 4.57. The van der Waals surface area contributed by atoms with Crippen LogP contribution in [-0.4, -0.2) is 23.5 Å². The average Bonchev–Trinajstić information content (AvgIpc) is 2.67. The Balaban J connectivity index is 2.37. The second-order valence-corrected chi connectivity index (χ2v) is 5.61. The van der Waals surface area contributed by atoms with E-state index in [4.69, 9.17) is 4.74 Å². The van der Waals surface area contributed by atoms with E-state index in [0.29, 0.717) is 5.39 Å². The van der Waals surface area contributed by atoms with Crippen molar-refractivity contribution in [3.63, 3.8) is 0 Å². The van der Waals surface area contributed by atoms with Crippen LogP contribution in [0.4, 0.5) is 12.9 Å². The van der Waals surface area contributed by atoms with Crippen molar-refractivity contribution < 1.29 is 22.5 Å². The molecule has 108 valence electrons. The smallest absolute Gasteiger partial charge is 0.455 e. The van der Waals surface area contributed by atoms with E-state index in [1.807, 2.05) is 0 Å². The lowest BCUT2D eigenvalue weighted by atomic mass is 9.80. The molecule has 0 fully saturated rings. The maximum Gasteiger partial charge on any atom is 0.509 e. The normalized spacial score (nSPS) is 12.7. The highest BCUT2D eigenvalue weighted by Crippen LogP contribution is 2.19. The maximum atomic E-state index is 12.7. The minimum Gasteiger partial charge on any atom is -0.455 e. The van der Waals surface area contributed by atoms with Gasteiger partial charge >= 0.3 is 12.9 Å². The first kappa shape index (κ1) is 14.5. The number of hydrogen-bond acceptors (Lipinski definition) is 2. The van der Waals surface area contributed by atoms with Gasteiger partial charge in [0.15, 0.2) is 0 Å². The van der Waals surface area contributed by atoms with Crippen molar-refractivity contribution in [2.24, 2.45) is 0 Å². The van der Waals surface area contributed by atoms with E-state index in [1.54, 1.807) is 20.8 Å². The fourth-order valence-corrected chi connectivity index (χ4v) is 1.79. The van der Waals surface area contributed by atoms with Gasteiger partial charge in [-0.25, -0.2) is 4.79 Å². The van der Waals surface area contributed by atoms with Crippen LogP contribution in [-0.2, 0) is 4.74 Å². The molecule has 2 aromatic rings. The third kappa shape index (κ3) is 3.15. The number of halogens is 3. The molecule has 20 heavy (non-hydrogen) atoms. The molecule has 1 aromatic carbocycles. The van der Waals surface area contributed by atoms with E-state index < -0.39 is 24.0 Å². The van der Waals surface area contributed by atoms with Gasteiger partial charge in [0.1, 0.15) is 11.3 Å². The molecule has 1 N–H and O–H groups in total. The van der Waals surface area contributed by atoms with Crippen molar-refractivity contribution in [1.82, 2.24) is 4.98 Å². The lowest BCUT2D eigenvalue weighted by Crippen LogP contribution is -2.33. The van der Waals surface area contributed by atoms with Crippen LogP contribution in [0.1, 0.15) is 31.3 Å². The highest BCUT2D eigenvalue weighted by Gasteiger charge is 2.26. The van der Waals surface area contributed by atoms with E-state index >= 15 is 0 Å². The van der Waals surface area contributed by atoms with Crippen molar-refractivity contribution in [3.8, 4) is 0 Å². The number of fused-ring (bicyclic) bond motifs is 1. The van der Waals surface area contributed by atoms with Crippen molar-refractivity contribution in [3.05, 3.63) is 30.0 Å². The predicted molar refractivity (Wildman–Crippen MR) is 72.2 cm³/mol. The molecule has 0 saturated carbocycles. The monoisotopic (exact) mass is 284 g/mol. The van der Waals surface area contributed by atoms with Crippen molar-refractivity contribution in [1.29, 1.82) is 0 Å². The molecule has 0 radical (unpaired) electrons. The highest BCUT2D eigenvalue weighted by atomic mass is 19.4. The summed E-state index contributed by atoms with van der Waals surface area (Å²) >= 11 is 0. The minimum absolute atomic E-state index is 0.141. The first-order chi connectivity index (χ1) is 9.06. The Morgan fingerprint density at radius 2 is 1.85 bits per heavy atom. The van der Waals surface area contributed by atoms with Crippen LogP contribution in [0.3, 0.4) is 0 Å². The van der Waals surface area contributed by atoms with Gasteiger partial charge in [-0.05, 0) is 26.8 Å². The quantitative estimate of drug-likeness (QED) is 0.679. The summed E-state index contributed by atoms with van der Waals surface area (Å²) in [5.74, 6) is -0.590. The zero-order chi connectivity index (χ0) is 15.1. The van der Waals surface area contributed by atoms with E-state index in [9.17, 15) is 17.7 Å². The van der Waals surface area contributed by atoms with Gasteiger partial charge in [0.2, 0.25) is 0 Å². The molecule has 1 aromatic heterocycles. The van der Waals surface area contributed by atoms with Gasteiger partial charge in [0.25, 0.3) is 0 Å². The maximum absolute atomic E-state index is 12.7. The Morgan fingerprint density at radius 3 is 2.40 bits per heavy atom. The number of ether oxygens (including phenoxy) is 1. The van der Waals surface area contributed by atoms with Gasteiger partial charge in [-0.2, -0.15) is 0 Å². The first-order valence-electron chi connectivity index (χ1n) is 6.12. The van der Waals surface area contributed by atoms with Crippen LogP contribution < -0.4 is 5.46 Å². The number of hydrogen-bond donors (Lipinski definition) is 1. The number of rotatable bonds is 2. The Bertz CT molecular complexity index is 656. The molecular weight excluding hydrogens is 270 g/mol. The Hall–Kier alpha value is -1.92. The summed E-state index contributed by atoms with van der Waals surface area (Å²) in [6, 6.07) is 4.83. The average molecular weight is 284 g/mol. The van der Waals surface area contributed by atoms with Gasteiger partial charge in [0, 0.05) is 10.9 Å². The van der Waals surface area contributed by atoms with Crippen LogP contribution in [0.5, 0.6) is 0 Å². The van der Waals surface area contributed by atoms with Gasteiger partial charge in [-0.1, -0.05) is 18.2 Å². The van der Waals surface area contributed by atoms with Crippen molar-refractivity contribution >= 4 is 29.3 Å². The molecule has 0 aliphatic rings. The first-order valence-corrected chi connectivity index (χ1v) is 6.12. The van der Waals surface area contributed by atoms with Gasteiger partial charge in [-0.3, -0.25) is 0 Å². The lowest BCUT2D eigenvalue weighted by molar-refractivity contribution is 0.00639. The number of benzene rings is 1. The number of esters is 1. The van der Waals surface area contributed by atoms with Crippen LogP contribution in [0.2, 0.25) is 0 Å². The third-order valence-electron chi connectivity index (χ3n) is 2.64. The molecule has 0 spiro atoms. The molecule has 0 aliphatic carbocycles. The molecule has 0 saturated heterocycles. The molecular formula is C13H14BF3NO2-. The van der Waals surface area contributed by atoms with Gasteiger partial charge < -0.3 is 22.7 Å². The molecule has 0 unspecified atom stereocenters. The van der Waals surface area contributed by atoms with E-state index in [1.165, 1.54) is 12.1 Å². The van der Waals surface area contributed by atoms with Crippen LogP contribution in [0, 0.1) is 0 Å². The molecule has 2 rings (SSSR count). The summed E-state index contributed by atoms with van der Waals surface area (Å²) in [6.07, 6.45) is 0. The predicted octanol–water partition coefficient (Wildman–Crippen LogP) is 3.18. The van der Waals surface area contributed by atoms with Crippen LogP contribution in [0.25, 0.3) is 10.9 Å². The highest BCUT2D eigenvalue weighted by molar-refractivity contribution is 6.73. The summed E-state index contributed by atoms with van der Waals surface area (Å²) < 4.78 is 43.1. The van der Waals surface area contributed by atoms with Crippen LogP contribution >= 0.6 is 0 Å². The Morgan fingerprint density at radius 1 is 1.20 bits per heavy atom. The summed E-state index contributed by atoms with van der Waals surface area (Å²) in [5.41, 5.74) is -0.950. The topological polar surface area (TPSA) is 42.1 Å². The molecule has 0 aliphatic heterocycles. The number of carbonyl (C=O) groups excluding carboxylic acids is 1. The molecule has 0 amide bonds. The SMILES string of the molecule is CC(C)(C)OC(=O)c1cc2ccc([B-](F)(F)F)cc2[nH]1. The standard InChI is InChI=1S/C13H14BF3NO2/c1-13(2,3)20-12(19)11-6-8-4-5-9(14(15,16)17)7-10(8)18-11/h4-7,18H,1-3H3/q-1. The summed E-state index contributed by atoms with van der Waals surface area (Å²) in [6.45, 7) is 0.105. The number of H-pyrrole nitrogens is 1. The summed E-state index contributed by atoms with van der Waals surface area (Å²) in [4.78, 5) is 14.5. The third-order valence-corrected chi connectivity index (χ3v) is 2.64. The van der Waals surface area contributed by atoms with E-state index in [0.717, 1.165) is 12.1 Å². The minimum atomic E-state index is -5.06. The molecule has 1 heterocycles. The number of nitrogens with one attached hydrogen (secondary N) is 1. The van der Waals surface area contributed by atoms with E-state index in [2.05, 4.69) is 4.98 Å². The molecule has 7 heteroatoms. The zero-order valence-electron chi connectivity index (χ0n) is 11.3. The molecule has 3 nitrogen and oxygen atoms in total. The fraction of sp³-hybridized carbons (Fsp3) is 0.308. The molecule has 0 bridgehead atoms. The summed E-state index contributed by atoms with van der Waals surface area (Å²) in [5, 5.41) is 0.537. The molecule has 0 atom stereocenters. The number of aromatic nitrogens is 1. The van der Waals surface area contributed by atoms with Crippen molar-refractivity contribution in [2.45, 2.75) is 26.4 Å². The van der Waals surface area contributed by atoms with Crippen molar-refractivity contribution in [2.75, 3.05) is 0 Å². The Kier molecular flexibility index (Phi) is 3.32. The summed E-state index contributed by atoms with van der Waals surface area (Å²) in [7, 11) is 0. The van der Waals surface area contributed by atoms with Crippen LogP contribution in [0.15, 0.2) is 24.3 Å². The number of carbonyl (C=O) groups is 1. The largest absolute Gasteiger partial charge is 0.509 e. The number of aromatic amines is 1. The van der Waals surface area contributed by atoms with Gasteiger partial charge in [-0.15, -0.1) is 5.46 Å². The van der Waals surface area contributed by atoms with Gasteiger partial charge in [0.05, 0.1) is 0 Å². The Labute approximate surface area is 114 Å². The van der Waals surface area contributed by atoms with E-state index in [-0.39, 0.29) is 11.2 Å².